The van der Waals surface area contributed by atoms with Gasteiger partial charge in [-0.3, -0.25) is 0 Å². The maximum Gasteiger partial charge on any atom is 0.333 e. The van der Waals surface area contributed by atoms with E-state index in [0.717, 1.165) is 12.8 Å². The fourth-order valence-corrected chi connectivity index (χ4v) is 1.00. The van der Waals surface area contributed by atoms with Crippen molar-refractivity contribution >= 4 is 5.97 Å². The summed E-state index contributed by atoms with van der Waals surface area (Å²) in [6, 6.07) is 0. The molecule has 1 fully saturated rings. The van der Waals surface area contributed by atoms with Gasteiger partial charge in [-0.1, -0.05) is 6.58 Å². The van der Waals surface area contributed by atoms with Crippen LogP contribution in [-0.2, 0) is 9.53 Å². The molecule has 3 heteroatoms. The topological polar surface area (TPSA) is 46.5 Å². The number of carbonyl (C=O) groups is 1. The molecule has 0 aromatic carbocycles. The maximum atomic E-state index is 11.1. The van der Waals surface area contributed by atoms with E-state index in [1.807, 2.05) is 0 Å². The van der Waals surface area contributed by atoms with Gasteiger partial charge in [0, 0.05) is 5.57 Å². The lowest BCUT2D eigenvalue weighted by molar-refractivity contribution is -0.152. The summed E-state index contributed by atoms with van der Waals surface area (Å²) in [7, 11) is 0. The Labute approximate surface area is 72.0 Å². The van der Waals surface area contributed by atoms with Crippen molar-refractivity contribution in [3.63, 3.8) is 0 Å². The molecule has 1 atom stereocenters. The molecule has 1 saturated carbocycles. The van der Waals surface area contributed by atoms with Gasteiger partial charge in [-0.2, -0.15) is 0 Å². The van der Waals surface area contributed by atoms with E-state index in [9.17, 15) is 9.90 Å². The number of hydrogen-bond donors (Lipinski definition) is 1. The molecule has 1 rings (SSSR count). The molecule has 0 spiro atoms. The summed E-state index contributed by atoms with van der Waals surface area (Å²) in [5.41, 5.74) is -0.224. The average Bonchev–Trinajstić information content (AvgIpc) is 2.68. The number of rotatable bonds is 3. The van der Waals surface area contributed by atoms with E-state index in [4.69, 9.17) is 4.74 Å². The van der Waals surface area contributed by atoms with Gasteiger partial charge in [0.05, 0.1) is 6.10 Å². The fraction of sp³-hybridized carbons (Fsp3) is 0.667. The number of aliphatic hydroxyl groups excluding tert-OH is 1. The largest absolute Gasteiger partial charge is 0.453 e. The maximum absolute atomic E-state index is 11.1. The van der Waals surface area contributed by atoms with E-state index in [0.29, 0.717) is 5.57 Å². The molecule has 0 aromatic heterocycles. The van der Waals surface area contributed by atoms with Gasteiger partial charge in [0.2, 0.25) is 0 Å². The number of aliphatic hydroxyl groups is 1. The number of ether oxygens (including phenoxy) is 1. The SMILES string of the molecule is C=C(C)C(=O)OC1(C(C)O)CC1. The third kappa shape index (κ3) is 1.67. The first-order valence-corrected chi connectivity index (χ1v) is 4.05. The van der Waals surface area contributed by atoms with Gasteiger partial charge < -0.3 is 9.84 Å². The summed E-state index contributed by atoms with van der Waals surface area (Å²) in [6.07, 6.45) is 0.925. The van der Waals surface area contributed by atoms with Crippen LogP contribution in [0.3, 0.4) is 0 Å². The lowest BCUT2D eigenvalue weighted by Gasteiger charge is -2.19. The van der Waals surface area contributed by atoms with Crippen LogP contribution >= 0.6 is 0 Å². The molecule has 0 heterocycles. The van der Waals surface area contributed by atoms with E-state index in [1.54, 1.807) is 13.8 Å². The second-order valence-electron chi connectivity index (χ2n) is 3.41. The quantitative estimate of drug-likeness (QED) is 0.508. The van der Waals surface area contributed by atoms with Crippen molar-refractivity contribution in [2.24, 2.45) is 0 Å². The van der Waals surface area contributed by atoms with E-state index < -0.39 is 17.7 Å². The van der Waals surface area contributed by atoms with Gasteiger partial charge in [0.15, 0.2) is 0 Å². The van der Waals surface area contributed by atoms with Gasteiger partial charge >= 0.3 is 5.97 Å². The Kier molecular flexibility index (Phi) is 2.24. The fourth-order valence-electron chi connectivity index (χ4n) is 1.00. The standard InChI is InChI=1S/C9H14O3/c1-6(2)8(11)12-9(4-5-9)7(3)10/h7,10H,1,4-5H2,2-3H3. The van der Waals surface area contributed by atoms with Gasteiger partial charge in [-0.25, -0.2) is 4.79 Å². The number of hydrogen-bond acceptors (Lipinski definition) is 3. The van der Waals surface area contributed by atoms with Crippen molar-refractivity contribution in [2.45, 2.75) is 38.4 Å². The second-order valence-corrected chi connectivity index (χ2v) is 3.41. The van der Waals surface area contributed by atoms with Crippen molar-refractivity contribution in [1.29, 1.82) is 0 Å². The van der Waals surface area contributed by atoms with Crippen molar-refractivity contribution in [2.75, 3.05) is 0 Å². The van der Waals surface area contributed by atoms with Gasteiger partial charge in [-0.15, -0.1) is 0 Å². The van der Waals surface area contributed by atoms with E-state index in [-0.39, 0.29) is 0 Å². The highest BCUT2D eigenvalue weighted by molar-refractivity contribution is 5.87. The zero-order valence-electron chi connectivity index (χ0n) is 7.46. The van der Waals surface area contributed by atoms with Crippen LogP contribution in [0.4, 0.5) is 0 Å². The Bertz CT molecular complexity index is 214. The summed E-state index contributed by atoms with van der Waals surface area (Å²) in [6.45, 7) is 6.71. The predicted octanol–water partition coefficient (Wildman–Crippen LogP) is 1.02. The summed E-state index contributed by atoms with van der Waals surface area (Å²) in [4.78, 5) is 11.1. The highest BCUT2D eigenvalue weighted by Crippen LogP contribution is 2.43. The molecule has 0 bridgehead atoms. The van der Waals surface area contributed by atoms with Crippen molar-refractivity contribution < 1.29 is 14.6 Å². The molecule has 1 aliphatic rings. The van der Waals surface area contributed by atoms with E-state index >= 15 is 0 Å². The molecule has 0 amide bonds. The first kappa shape index (κ1) is 9.26. The third-order valence-electron chi connectivity index (χ3n) is 2.15. The number of esters is 1. The Hall–Kier alpha value is -0.830. The molecule has 0 aromatic rings. The molecule has 1 unspecified atom stereocenters. The Morgan fingerprint density at radius 3 is 2.42 bits per heavy atom. The summed E-state index contributed by atoms with van der Waals surface area (Å²) in [5, 5.41) is 9.27. The molecule has 0 saturated heterocycles. The predicted molar refractivity (Wildman–Crippen MR) is 44.6 cm³/mol. The van der Waals surface area contributed by atoms with Gasteiger partial charge in [0.1, 0.15) is 5.60 Å². The minimum Gasteiger partial charge on any atom is -0.453 e. The highest BCUT2D eigenvalue weighted by atomic mass is 16.6. The van der Waals surface area contributed by atoms with Crippen LogP contribution < -0.4 is 0 Å². The molecule has 12 heavy (non-hydrogen) atoms. The molecule has 0 aliphatic heterocycles. The molecule has 0 radical (unpaired) electrons. The Morgan fingerprint density at radius 2 is 2.17 bits per heavy atom. The Morgan fingerprint density at radius 1 is 1.67 bits per heavy atom. The third-order valence-corrected chi connectivity index (χ3v) is 2.15. The summed E-state index contributed by atoms with van der Waals surface area (Å²) < 4.78 is 5.08. The zero-order chi connectivity index (χ0) is 9.35. The molecular weight excluding hydrogens is 156 g/mol. The summed E-state index contributed by atoms with van der Waals surface area (Å²) >= 11 is 0. The van der Waals surface area contributed by atoms with Crippen molar-refractivity contribution in [3.05, 3.63) is 12.2 Å². The van der Waals surface area contributed by atoms with E-state index in [1.165, 1.54) is 0 Å². The normalized spacial score (nSPS) is 21.2. The lowest BCUT2D eigenvalue weighted by atomic mass is 10.2. The van der Waals surface area contributed by atoms with Crippen molar-refractivity contribution in [1.82, 2.24) is 0 Å². The molecule has 68 valence electrons. The van der Waals surface area contributed by atoms with Crippen LogP contribution in [0.2, 0.25) is 0 Å². The smallest absolute Gasteiger partial charge is 0.333 e. The monoisotopic (exact) mass is 170 g/mol. The second kappa shape index (κ2) is 2.90. The lowest BCUT2D eigenvalue weighted by Crippen LogP contribution is -2.31. The zero-order valence-corrected chi connectivity index (χ0v) is 7.46. The molecule has 3 nitrogen and oxygen atoms in total. The Balaban J connectivity index is 2.51. The molecule has 1 N–H and O–H groups in total. The number of carbonyl (C=O) groups excluding carboxylic acids is 1. The molecular formula is C9H14O3. The van der Waals surface area contributed by atoms with Crippen LogP contribution in [0.25, 0.3) is 0 Å². The van der Waals surface area contributed by atoms with Crippen molar-refractivity contribution in [3.8, 4) is 0 Å². The highest BCUT2D eigenvalue weighted by Gasteiger charge is 2.51. The van der Waals surface area contributed by atoms with Crippen LogP contribution in [0.15, 0.2) is 12.2 Å². The minimum atomic E-state index is -0.601. The first-order valence-electron chi connectivity index (χ1n) is 4.05. The first-order chi connectivity index (χ1) is 5.48. The van der Waals surface area contributed by atoms with Gasteiger partial charge in [0.25, 0.3) is 0 Å². The van der Waals surface area contributed by atoms with Gasteiger partial charge in [-0.05, 0) is 26.7 Å². The van der Waals surface area contributed by atoms with E-state index in [2.05, 4.69) is 6.58 Å². The van der Waals surface area contributed by atoms with Crippen LogP contribution in [0.5, 0.6) is 0 Å². The molecule has 1 aliphatic carbocycles. The average molecular weight is 170 g/mol. The van der Waals surface area contributed by atoms with Crippen LogP contribution in [-0.4, -0.2) is 22.8 Å². The van der Waals surface area contributed by atoms with Crippen LogP contribution in [0, 0.1) is 0 Å². The minimum absolute atomic E-state index is 0.377. The summed E-state index contributed by atoms with van der Waals surface area (Å²) in [5.74, 6) is -0.409. The van der Waals surface area contributed by atoms with Crippen LogP contribution in [0.1, 0.15) is 26.7 Å².